The van der Waals surface area contributed by atoms with E-state index in [2.05, 4.69) is 10.5 Å². The van der Waals surface area contributed by atoms with Crippen molar-refractivity contribution in [3.63, 3.8) is 0 Å². The van der Waals surface area contributed by atoms with Crippen molar-refractivity contribution in [3.05, 3.63) is 89.0 Å². The van der Waals surface area contributed by atoms with Crippen molar-refractivity contribution < 1.29 is 17.9 Å². The zero-order valence-electron chi connectivity index (χ0n) is 19.7. The third-order valence-electron chi connectivity index (χ3n) is 5.12. The molecule has 0 unspecified atom stereocenters. The van der Waals surface area contributed by atoms with Gasteiger partial charge in [-0.3, -0.25) is 9.10 Å². The fraction of sp³-hybridized carbons (Fsp3) is 0.192. The second-order valence-corrected chi connectivity index (χ2v) is 9.79. The number of amides is 1. The summed E-state index contributed by atoms with van der Waals surface area (Å²) in [6, 6.07) is 20.6. The number of sulfonamides is 1. The number of hydrazone groups is 1. The highest BCUT2D eigenvalue weighted by Gasteiger charge is 2.28. The molecule has 3 aromatic carbocycles. The first kappa shape index (κ1) is 25.5. The minimum absolute atomic E-state index is 0.0497. The summed E-state index contributed by atoms with van der Waals surface area (Å²) in [5.74, 6) is -0.0509. The molecule has 0 spiro atoms. The molecular formula is C26H26N4O4S. The molecule has 9 heteroatoms. The van der Waals surface area contributed by atoms with Gasteiger partial charge in [-0.1, -0.05) is 29.8 Å². The van der Waals surface area contributed by atoms with Gasteiger partial charge in [0.05, 0.1) is 16.8 Å². The molecule has 0 aliphatic carbocycles. The summed E-state index contributed by atoms with van der Waals surface area (Å²) in [5.41, 5.74) is 6.04. The van der Waals surface area contributed by atoms with Gasteiger partial charge in [0.25, 0.3) is 15.9 Å². The highest BCUT2D eigenvalue weighted by atomic mass is 32.2. The smallest absolute Gasteiger partial charge is 0.264 e. The lowest BCUT2D eigenvalue weighted by Crippen LogP contribution is -2.40. The predicted octanol–water partition coefficient (Wildman–Crippen LogP) is 3.86. The molecule has 0 aromatic heterocycles. The van der Waals surface area contributed by atoms with Crippen LogP contribution in [0.1, 0.15) is 22.3 Å². The number of nitriles is 1. The van der Waals surface area contributed by atoms with Gasteiger partial charge in [-0.05, 0) is 79.9 Å². The molecule has 3 aromatic rings. The third-order valence-corrected chi connectivity index (χ3v) is 6.89. The van der Waals surface area contributed by atoms with Crippen molar-refractivity contribution >= 4 is 27.8 Å². The second kappa shape index (κ2) is 11.3. The van der Waals surface area contributed by atoms with Crippen LogP contribution in [-0.2, 0) is 14.8 Å². The number of aryl methyl sites for hydroxylation is 3. The summed E-state index contributed by atoms with van der Waals surface area (Å²) in [7, 11) is -4.01. The number of benzene rings is 3. The molecule has 0 fully saturated rings. The van der Waals surface area contributed by atoms with Crippen LogP contribution in [0.2, 0.25) is 0 Å². The normalized spacial score (nSPS) is 11.1. The number of carbonyl (C=O) groups excluding carboxylic acids is 1. The zero-order chi connectivity index (χ0) is 25.4. The quantitative estimate of drug-likeness (QED) is 0.362. The minimum Gasteiger partial charge on any atom is -0.479 e. The van der Waals surface area contributed by atoms with E-state index in [9.17, 15) is 13.2 Å². The number of ether oxygens (including phenoxy) is 1. The van der Waals surface area contributed by atoms with E-state index in [1.165, 1.54) is 18.3 Å². The van der Waals surface area contributed by atoms with E-state index in [1.807, 2.05) is 32.0 Å². The Bertz CT molecular complexity index is 1360. The maximum atomic E-state index is 13.5. The van der Waals surface area contributed by atoms with Crippen LogP contribution in [-0.4, -0.2) is 33.7 Å². The Hall–Kier alpha value is -4.16. The van der Waals surface area contributed by atoms with Crippen LogP contribution in [0.5, 0.6) is 5.75 Å². The Morgan fingerprint density at radius 2 is 1.69 bits per heavy atom. The van der Waals surface area contributed by atoms with Crippen molar-refractivity contribution in [2.75, 3.05) is 17.5 Å². The van der Waals surface area contributed by atoms with Gasteiger partial charge in [-0.2, -0.15) is 10.4 Å². The van der Waals surface area contributed by atoms with Crippen molar-refractivity contribution in [2.45, 2.75) is 25.7 Å². The average Bonchev–Trinajstić information content (AvgIpc) is 2.84. The van der Waals surface area contributed by atoms with Gasteiger partial charge < -0.3 is 4.74 Å². The second-order valence-electron chi connectivity index (χ2n) is 7.92. The lowest BCUT2D eigenvalue weighted by atomic mass is 10.1. The third kappa shape index (κ3) is 6.68. The first-order valence-corrected chi connectivity index (χ1v) is 12.2. The van der Waals surface area contributed by atoms with Crippen LogP contribution in [0, 0.1) is 32.1 Å². The van der Waals surface area contributed by atoms with Gasteiger partial charge in [-0.15, -0.1) is 0 Å². The number of rotatable bonds is 9. The molecule has 35 heavy (non-hydrogen) atoms. The lowest BCUT2D eigenvalue weighted by molar-refractivity contribution is -0.119. The molecule has 1 N–H and O–H groups in total. The molecule has 0 bridgehead atoms. The topological polar surface area (TPSA) is 112 Å². The Morgan fingerprint density at radius 3 is 2.34 bits per heavy atom. The summed E-state index contributed by atoms with van der Waals surface area (Å²) in [4.78, 5) is 12.8. The molecule has 180 valence electrons. The molecule has 1 amide bonds. The highest BCUT2D eigenvalue weighted by molar-refractivity contribution is 7.92. The van der Waals surface area contributed by atoms with Crippen molar-refractivity contribution in [1.29, 1.82) is 5.26 Å². The molecule has 3 rings (SSSR count). The zero-order valence-corrected chi connectivity index (χ0v) is 20.5. The Morgan fingerprint density at radius 1 is 1.03 bits per heavy atom. The Balaban J connectivity index is 1.80. The van der Waals surface area contributed by atoms with Crippen molar-refractivity contribution in [3.8, 4) is 11.8 Å². The molecule has 0 heterocycles. The Kier molecular flexibility index (Phi) is 8.23. The molecule has 0 saturated carbocycles. The first-order valence-electron chi connectivity index (χ1n) is 10.8. The summed E-state index contributed by atoms with van der Waals surface area (Å²) in [6.45, 7) is 5.04. The largest absolute Gasteiger partial charge is 0.479 e. The van der Waals surface area contributed by atoms with E-state index in [1.54, 1.807) is 49.4 Å². The number of nitrogens with zero attached hydrogens (tertiary/aromatic N) is 3. The molecule has 0 aliphatic rings. The van der Waals surface area contributed by atoms with Crippen LogP contribution in [0.15, 0.2) is 76.7 Å². The van der Waals surface area contributed by atoms with E-state index < -0.39 is 22.5 Å². The predicted molar refractivity (Wildman–Crippen MR) is 135 cm³/mol. The summed E-state index contributed by atoms with van der Waals surface area (Å²) >= 11 is 0. The molecular weight excluding hydrogens is 464 g/mol. The van der Waals surface area contributed by atoms with E-state index >= 15 is 0 Å². The fourth-order valence-electron chi connectivity index (χ4n) is 3.24. The van der Waals surface area contributed by atoms with Gasteiger partial charge in [0, 0.05) is 0 Å². The maximum Gasteiger partial charge on any atom is 0.264 e. The molecule has 0 saturated heterocycles. The van der Waals surface area contributed by atoms with Gasteiger partial charge in [0.1, 0.15) is 18.4 Å². The monoisotopic (exact) mass is 490 g/mol. The minimum atomic E-state index is -4.01. The van der Waals surface area contributed by atoms with E-state index in [-0.39, 0.29) is 11.5 Å². The molecule has 0 atom stereocenters. The summed E-state index contributed by atoms with van der Waals surface area (Å²) in [5, 5.41) is 12.5. The highest BCUT2D eigenvalue weighted by Crippen LogP contribution is 2.28. The van der Waals surface area contributed by atoms with Gasteiger partial charge in [-0.25, -0.2) is 13.8 Å². The summed E-state index contributed by atoms with van der Waals surface area (Å²) in [6.07, 6.45) is 1.43. The molecule has 0 aliphatic heterocycles. The molecule has 0 radical (unpaired) electrons. The summed E-state index contributed by atoms with van der Waals surface area (Å²) < 4.78 is 33.3. The number of hydrogen-bond donors (Lipinski definition) is 1. The van der Waals surface area contributed by atoms with Gasteiger partial charge in [0.2, 0.25) is 0 Å². The van der Waals surface area contributed by atoms with E-state index in [4.69, 9.17) is 10.00 Å². The maximum absolute atomic E-state index is 13.5. The van der Waals surface area contributed by atoms with Crippen LogP contribution in [0.25, 0.3) is 0 Å². The average molecular weight is 491 g/mol. The van der Waals surface area contributed by atoms with Gasteiger partial charge >= 0.3 is 0 Å². The lowest BCUT2D eigenvalue weighted by Gasteiger charge is -2.25. The fourth-order valence-corrected chi connectivity index (χ4v) is 4.71. The Labute approximate surface area is 205 Å². The standard InChI is InChI=1S/C26H26N4O4S/c1-19-5-12-24(13-6-19)35(32,33)30(25-16-20(2)4-7-21(25)3)18-26(31)29-28-17-22-8-10-23(11-9-22)34-15-14-27/h4-13,16-17H,15,18H2,1-3H3,(H,29,31)/b28-17-. The van der Waals surface area contributed by atoms with Crippen molar-refractivity contribution in [1.82, 2.24) is 5.43 Å². The van der Waals surface area contributed by atoms with Crippen molar-refractivity contribution in [2.24, 2.45) is 5.10 Å². The number of nitrogens with one attached hydrogen (secondary N) is 1. The number of hydrogen-bond acceptors (Lipinski definition) is 6. The SMILES string of the molecule is Cc1ccc(S(=O)(=O)N(CC(=O)N/N=C\c2ccc(OCC#N)cc2)c2cc(C)ccc2C)cc1. The van der Waals surface area contributed by atoms with Gasteiger partial charge in [0.15, 0.2) is 6.61 Å². The van der Waals surface area contributed by atoms with E-state index in [0.717, 1.165) is 21.0 Å². The van der Waals surface area contributed by atoms with E-state index in [0.29, 0.717) is 17.0 Å². The van der Waals surface area contributed by atoms with Crippen LogP contribution in [0.4, 0.5) is 5.69 Å². The molecule has 8 nitrogen and oxygen atoms in total. The van der Waals surface area contributed by atoms with Crippen LogP contribution in [0.3, 0.4) is 0 Å². The number of carbonyl (C=O) groups is 1. The van der Waals surface area contributed by atoms with Crippen LogP contribution >= 0.6 is 0 Å². The van der Waals surface area contributed by atoms with Crippen LogP contribution < -0.4 is 14.5 Å². The number of anilines is 1. The first-order chi connectivity index (χ1) is 16.7.